The van der Waals surface area contributed by atoms with Crippen molar-refractivity contribution in [1.29, 1.82) is 0 Å². The number of hydrogen-bond acceptors (Lipinski definition) is 5. The molecule has 2 amide bonds. The van der Waals surface area contributed by atoms with E-state index >= 15 is 0 Å². The summed E-state index contributed by atoms with van der Waals surface area (Å²) in [5.41, 5.74) is -0.177. The summed E-state index contributed by atoms with van der Waals surface area (Å²) in [6, 6.07) is 2.14. The highest BCUT2D eigenvalue weighted by atomic mass is 19.1. The number of aliphatic carboxylic acids is 1. The molecule has 2 saturated heterocycles. The molecule has 2 N–H and O–H groups in total. The molecule has 0 bridgehead atoms. The first-order valence-corrected chi connectivity index (χ1v) is 8.95. The first-order chi connectivity index (χ1) is 13.3. The lowest BCUT2D eigenvalue weighted by molar-refractivity contribution is -0.139. The van der Waals surface area contributed by atoms with Crippen LogP contribution in [-0.4, -0.2) is 55.4 Å². The molecule has 1 aromatic rings. The van der Waals surface area contributed by atoms with Crippen molar-refractivity contribution in [3.63, 3.8) is 0 Å². The van der Waals surface area contributed by atoms with E-state index in [9.17, 15) is 23.2 Å². The molecule has 1 saturated carbocycles. The standard InChI is InChI=1S/C18H19F2N3O5/c1-8(24)21-4-10-5-23(18(27)28-10)9-2-13(19)16(14(20)3-9)22-6-11-12(7-22)15(11)17(25)26/h2-3,10-12,15H,4-7H2,1H3,(H,21,24)(H,25,26). The van der Waals surface area contributed by atoms with Gasteiger partial charge in [0, 0.05) is 32.1 Å². The number of anilines is 2. The lowest BCUT2D eigenvalue weighted by Crippen LogP contribution is -2.33. The molecule has 3 unspecified atom stereocenters. The summed E-state index contributed by atoms with van der Waals surface area (Å²) in [4.78, 5) is 36.7. The SMILES string of the molecule is CC(=O)NCC1CN(c2cc(F)c(N3CC4C(C3)C4C(=O)O)c(F)c2)C(=O)O1. The molecular weight excluding hydrogens is 376 g/mol. The van der Waals surface area contributed by atoms with E-state index in [4.69, 9.17) is 9.84 Å². The molecule has 0 radical (unpaired) electrons. The summed E-state index contributed by atoms with van der Waals surface area (Å²) in [7, 11) is 0. The quantitative estimate of drug-likeness (QED) is 0.777. The predicted molar refractivity (Wildman–Crippen MR) is 93.0 cm³/mol. The van der Waals surface area contributed by atoms with E-state index in [1.54, 1.807) is 0 Å². The van der Waals surface area contributed by atoms with Gasteiger partial charge in [-0.05, 0) is 11.8 Å². The van der Waals surface area contributed by atoms with Crippen molar-refractivity contribution in [1.82, 2.24) is 5.32 Å². The highest BCUT2D eigenvalue weighted by Gasteiger charge is 2.60. The zero-order valence-electron chi connectivity index (χ0n) is 15.0. The summed E-state index contributed by atoms with van der Waals surface area (Å²) in [6.07, 6.45) is -1.35. The van der Waals surface area contributed by atoms with E-state index in [0.717, 1.165) is 17.0 Å². The highest BCUT2D eigenvalue weighted by Crippen LogP contribution is 2.53. The second kappa shape index (κ2) is 6.61. The Hall–Kier alpha value is -2.91. The minimum Gasteiger partial charge on any atom is -0.481 e. The molecule has 3 aliphatic rings. The Bertz CT molecular complexity index is 829. The van der Waals surface area contributed by atoms with Crippen LogP contribution in [0.15, 0.2) is 12.1 Å². The van der Waals surface area contributed by atoms with Crippen LogP contribution in [0.3, 0.4) is 0 Å². The normalized spacial score (nSPS) is 28.2. The summed E-state index contributed by atoms with van der Waals surface area (Å²) >= 11 is 0. The fourth-order valence-electron chi connectivity index (χ4n) is 4.18. The molecule has 2 heterocycles. The average molecular weight is 395 g/mol. The van der Waals surface area contributed by atoms with Crippen molar-refractivity contribution < 1.29 is 33.0 Å². The summed E-state index contributed by atoms with van der Waals surface area (Å²) < 4.78 is 34.4. The van der Waals surface area contributed by atoms with E-state index in [-0.39, 0.29) is 42.2 Å². The van der Waals surface area contributed by atoms with Crippen molar-refractivity contribution in [3.8, 4) is 0 Å². The van der Waals surface area contributed by atoms with Gasteiger partial charge in [-0.25, -0.2) is 13.6 Å². The van der Waals surface area contributed by atoms with Crippen LogP contribution in [0.5, 0.6) is 0 Å². The number of halogens is 2. The van der Waals surface area contributed by atoms with E-state index in [1.165, 1.54) is 11.8 Å². The molecular formula is C18H19F2N3O5. The number of piperidine rings is 1. The lowest BCUT2D eigenvalue weighted by atomic mass is 10.2. The lowest BCUT2D eigenvalue weighted by Gasteiger charge is -2.24. The largest absolute Gasteiger partial charge is 0.481 e. The number of nitrogens with one attached hydrogen (secondary N) is 1. The molecule has 3 atom stereocenters. The number of rotatable bonds is 5. The molecule has 4 rings (SSSR count). The predicted octanol–water partition coefficient (Wildman–Crippen LogP) is 1.19. The van der Waals surface area contributed by atoms with Crippen molar-refractivity contribution >= 4 is 29.3 Å². The minimum absolute atomic E-state index is 0.0295. The number of nitrogens with zero attached hydrogens (tertiary/aromatic N) is 2. The van der Waals surface area contributed by atoms with Gasteiger partial charge in [0.05, 0.1) is 24.7 Å². The zero-order valence-corrected chi connectivity index (χ0v) is 15.0. The maximum atomic E-state index is 14.7. The fraction of sp³-hybridized carbons (Fsp3) is 0.500. The van der Waals surface area contributed by atoms with Crippen LogP contribution >= 0.6 is 0 Å². The van der Waals surface area contributed by atoms with Gasteiger partial charge in [-0.1, -0.05) is 0 Å². The minimum atomic E-state index is -0.868. The molecule has 0 spiro atoms. The number of ether oxygens (including phenoxy) is 1. The smallest absolute Gasteiger partial charge is 0.414 e. The molecule has 2 aliphatic heterocycles. The number of carbonyl (C=O) groups is 3. The molecule has 1 aromatic carbocycles. The van der Waals surface area contributed by atoms with E-state index in [1.807, 2.05) is 0 Å². The van der Waals surface area contributed by atoms with Gasteiger partial charge < -0.3 is 20.1 Å². The summed E-state index contributed by atoms with van der Waals surface area (Å²) in [5, 5.41) is 11.6. The Balaban J connectivity index is 1.47. The van der Waals surface area contributed by atoms with Gasteiger partial charge in [0.15, 0.2) is 11.6 Å². The Labute approximate surface area is 159 Å². The first kappa shape index (κ1) is 18.5. The third kappa shape index (κ3) is 3.12. The maximum absolute atomic E-state index is 14.7. The molecule has 8 nitrogen and oxygen atoms in total. The number of carboxylic acids is 1. The van der Waals surface area contributed by atoms with Gasteiger partial charge in [-0.2, -0.15) is 0 Å². The Morgan fingerprint density at radius 1 is 1.21 bits per heavy atom. The topological polar surface area (TPSA) is 99.2 Å². The Morgan fingerprint density at radius 3 is 2.36 bits per heavy atom. The van der Waals surface area contributed by atoms with Crippen LogP contribution in [-0.2, 0) is 14.3 Å². The molecule has 28 heavy (non-hydrogen) atoms. The van der Waals surface area contributed by atoms with Crippen LogP contribution in [0, 0.1) is 29.4 Å². The third-order valence-corrected chi connectivity index (χ3v) is 5.56. The van der Waals surface area contributed by atoms with Crippen molar-refractivity contribution in [3.05, 3.63) is 23.8 Å². The van der Waals surface area contributed by atoms with Crippen molar-refractivity contribution in [2.45, 2.75) is 13.0 Å². The highest BCUT2D eigenvalue weighted by molar-refractivity contribution is 5.90. The molecule has 10 heteroatoms. The van der Waals surface area contributed by atoms with Crippen LogP contribution in [0.2, 0.25) is 0 Å². The Morgan fingerprint density at radius 2 is 1.82 bits per heavy atom. The van der Waals surface area contributed by atoms with Gasteiger partial charge in [-0.15, -0.1) is 0 Å². The van der Waals surface area contributed by atoms with Crippen LogP contribution in [0.25, 0.3) is 0 Å². The monoisotopic (exact) mass is 395 g/mol. The van der Waals surface area contributed by atoms with E-state index in [2.05, 4.69) is 5.32 Å². The number of cyclic esters (lactones) is 1. The van der Waals surface area contributed by atoms with Crippen LogP contribution < -0.4 is 15.1 Å². The van der Waals surface area contributed by atoms with Crippen LogP contribution in [0.1, 0.15) is 6.92 Å². The van der Waals surface area contributed by atoms with Gasteiger partial charge in [0.25, 0.3) is 0 Å². The molecule has 0 aromatic heterocycles. The molecule has 1 aliphatic carbocycles. The second-order valence-electron chi connectivity index (χ2n) is 7.41. The second-order valence-corrected chi connectivity index (χ2v) is 7.41. The van der Waals surface area contributed by atoms with Crippen LogP contribution in [0.4, 0.5) is 25.0 Å². The molecule has 3 fully saturated rings. The van der Waals surface area contributed by atoms with Gasteiger partial charge in [0.2, 0.25) is 5.91 Å². The third-order valence-electron chi connectivity index (χ3n) is 5.56. The first-order valence-electron chi connectivity index (χ1n) is 8.95. The maximum Gasteiger partial charge on any atom is 0.414 e. The molecule has 150 valence electrons. The number of hydrogen-bond donors (Lipinski definition) is 2. The van der Waals surface area contributed by atoms with Crippen molar-refractivity contribution in [2.75, 3.05) is 36.0 Å². The van der Waals surface area contributed by atoms with E-state index < -0.39 is 35.7 Å². The van der Waals surface area contributed by atoms with Gasteiger partial charge in [0.1, 0.15) is 11.8 Å². The number of benzene rings is 1. The number of fused-ring (bicyclic) bond motifs is 1. The zero-order chi connectivity index (χ0) is 20.2. The van der Waals surface area contributed by atoms with Crippen molar-refractivity contribution in [2.24, 2.45) is 17.8 Å². The van der Waals surface area contributed by atoms with Gasteiger partial charge in [-0.3, -0.25) is 14.5 Å². The number of carboxylic acid groups (broad SMARTS) is 1. The summed E-state index contributed by atoms with van der Waals surface area (Å²) in [6.45, 7) is 2.09. The number of amides is 2. The Kier molecular flexibility index (Phi) is 4.35. The fourth-order valence-corrected chi connectivity index (χ4v) is 4.18. The summed E-state index contributed by atoms with van der Waals surface area (Å²) in [5.74, 6) is -3.38. The number of carbonyl (C=O) groups excluding carboxylic acids is 2. The average Bonchev–Trinajstić information content (AvgIpc) is 2.94. The van der Waals surface area contributed by atoms with Gasteiger partial charge >= 0.3 is 12.1 Å². The van der Waals surface area contributed by atoms with E-state index in [0.29, 0.717) is 13.1 Å².